The number of allylic oxidation sites excluding steroid dienone is 6. The van der Waals surface area contributed by atoms with Gasteiger partial charge in [0.2, 0.25) is 0 Å². The topological polar surface area (TPSA) is 117 Å². The molecule has 0 aromatic carbocycles. The molecule has 0 aromatic rings. The molecule has 0 amide bonds. The minimum absolute atomic E-state index is 0.0960. The van der Waals surface area contributed by atoms with Crippen molar-refractivity contribution in [1.29, 1.82) is 0 Å². The molecular weight excluding hydrogens is 734 g/mol. The molecule has 0 aliphatic carbocycles. The van der Waals surface area contributed by atoms with Crippen LogP contribution in [0, 0.1) is 0 Å². The smallest absolute Gasteiger partial charge is 0.457 e. The first-order valence-electron chi connectivity index (χ1n) is 24.0. The highest BCUT2D eigenvalue weighted by atomic mass is 31.2. The second-order valence-corrected chi connectivity index (χ2v) is 17.4. The summed E-state index contributed by atoms with van der Waals surface area (Å²) in [7, 11) is -4.28. The number of rotatable bonds is 46. The van der Waals surface area contributed by atoms with E-state index in [4.69, 9.17) is 24.3 Å². The van der Waals surface area contributed by atoms with E-state index in [0.29, 0.717) is 13.0 Å². The van der Waals surface area contributed by atoms with Crippen molar-refractivity contribution < 1.29 is 32.8 Å². The Kier molecular flexibility index (Phi) is 44.8. The second-order valence-electron chi connectivity index (χ2n) is 16.0. The number of nitrogens with two attached hydrogens (primary N) is 1. The van der Waals surface area contributed by atoms with Gasteiger partial charge in [0, 0.05) is 19.6 Å². The summed E-state index contributed by atoms with van der Waals surface area (Å²) >= 11 is 0. The van der Waals surface area contributed by atoms with E-state index in [-0.39, 0.29) is 32.3 Å². The normalized spacial score (nSPS) is 13.7. The van der Waals surface area contributed by atoms with Gasteiger partial charge in [0.25, 0.3) is 0 Å². The minimum atomic E-state index is -4.28. The van der Waals surface area contributed by atoms with E-state index in [0.717, 1.165) is 51.4 Å². The summed E-state index contributed by atoms with van der Waals surface area (Å²) in [6.07, 6.45) is 53.1. The second kappa shape index (κ2) is 45.8. The van der Waals surface area contributed by atoms with Gasteiger partial charge in [-0.2, -0.15) is 0 Å². The first kappa shape index (κ1) is 55.7. The van der Waals surface area contributed by atoms with Crippen molar-refractivity contribution in [2.24, 2.45) is 5.73 Å². The molecule has 0 spiro atoms. The van der Waals surface area contributed by atoms with E-state index >= 15 is 0 Å². The molecule has 336 valence electrons. The lowest BCUT2D eigenvalue weighted by Crippen LogP contribution is -2.28. The van der Waals surface area contributed by atoms with Crippen LogP contribution < -0.4 is 5.73 Å². The Balaban J connectivity index is 3.97. The van der Waals surface area contributed by atoms with Crippen LogP contribution in [0.15, 0.2) is 36.5 Å². The van der Waals surface area contributed by atoms with Crippen LogP contribution in [0.2, 0.25) is 0 Å². The van der Waals surface area contributed by atoms with Gasteiger partial charge < -0.3 is 20.1 Å². The van der Waals surface area contributed by atoms with Crippen LogP contribution in [0.4, 0.5) is 0 Å². The highest BCUT2D eigenvalue weighted by molar-refractivity contribution is 7.47. The fraction of sp³-hybridized carbons (Fsp3) is 0.854. The van der Waals surface area contributed by atoms with Gasteiger partial charge in [0.1, 0.15) is 6.10 Å². The van der Waals surface area contributed by atoms with Crippen molar-refractivity contribution in [3.05, 3.63) is 36.5 Å². The fourth-order valence-corrected chi connectivity index (χ4v) is 7.53. The maximum absolute atomic E-state index is 12.6. The van der Waals surface area contributed by atoms with Crippen molar-refractivity contribution in [1.82, 2.24) is 0 Å². The van der Waals surface area contributed by atoms with Gasteiger partial charge in [0.05, 0.1) is 19.8 Å². The molecule has 0 aromatic heterocycles. The molecular formula is C48H92NO7P. The molecule has 0 bridgehead atoms. The summed E-state index contributed by atoms with van der Waals surface area (Å²) in [5.74, 6) is -0.335. The number of esters is 1. The average molecular weight is 826 g/mol. The van der Waals surface area contributed by atoms with Gasteiger partial charge in [-0.1, -0.05) is 204 Å². The lowest BCUT2D eigenvalue weighted by atomic mass is 10.0. The van der Waals surface area contributed by atoms with Gasteiger partial charge in [-0.25, -0.2) is 4.57 Å². The standard InChI is InChI=1S/C48H92NO7P/c1-3-5-7-9-11-13-15-17-19-20-21-22-23-24-25-26-27-29-31-33-35-37-39-41-48(50)56-47(46-55-57(51,52)54-44-42-49)45-53-43-40-38-36-34-32-30-28-18-16-14-12-10-8-6-4-2/h15,17,20-21,23-24,47H,3-14,16,18-19,22,25-46,49H2,1-2H3,(H,51,52)/b17-15-,21-20-,24-23-. The van der Waals surface area contributed by atoms with E-state index in [1.165, 1.54) is 154 Å². The van der Waals surface area contributed by atoms with Gasteiger partial charge >= 0.3 is 13.8 Å². The maximum atomic E-state index is 12.6. The number of hydrogen-bond acceptors (Lipinski definition) is 7. The van der Waals surface area contributed by atoms with Crippen LogP contribution >= 0.6 is 7.82 Å². The monoisotopic (exact) mass is 826 g/mol. The Morgan fingerprint density at radius 1 is 0.526 bits per heavy atom. The number of phosphoric ester groups is 1. The highest BCUT2D eigenvalue weighted by Crippen LogP contribution is 2.43. The number of unbranched alkanes of at least 4 members (excludes halogenated alkanes) is 27. The quantitative estimate of drug-likeness (QED) is 0.0270. The molecule has 0 radical (unpaired) electrons. The van der Waals surface area contributed by atoms with Crippen molar-refractivity contribution in [3.63, 3.8) is 0 Å². The van der Waals surface area contributed by atoms with Crippen LogP contribution in [0.1, 0.15) is 226 Å². The molecule has 0 saturated carbocycles. The molecule has 57 heavy (non-hydrogen) atoms. The SMILES string of the molecule is CCCCCCC/C=C\C/C=C\C/C=C\CCCCCCCCCCC(=O)OC(COCCCCCCCCCCCCCCCCC)COP(=O)(O)OCCN. The van der Waals surface area contributed by atoms with E-state index in [1.54, 1.807) is 0 Å². The van der Waals surface area contributed by atoms with Gasteiger partial charge in [-0.3, -0.25) is 13.8 Å². The van der Waals surface area contributed by atoms with Gasteiger partial charge in [-0.05, 0) is 51.4 Å². The predicted octanol–water partition coefficient (Wildman–Crippen LogP) is 14.6. The first-order chi connectivity index (χ1) is 27.9. The van der Waals surface area contributed by atoms with E-state index < -0.39 is 13.9 Å². The Bertz CT molecular complexity index is 972. The van der Waals surface area contributed by atoms with Gasteiger partial charge in [-0.15, -0.1) is 0 Å². The van der Waals surface area contributed by atoms with E-state index in [9.17, 15) is 14.3 Å². The van der Waals surface area contributed by atoms with Crippen LogP contribution in [-0.4, -0.2) is 49.9 Å². The molecule has 0 fully saturated rings. The molecule has 2 unspecified atom stereocenters. The van der Waals surface area contributed by atoms with E-state index in [2.05, 4.69) is 50.3 Å². The average Bonchev–Trinajstić information content (AvgIpc) is 3.20. The Hall–Kier alpha value is -1.28. The number of carbonyl (C=O) groups excluding carboxylic acids is 1. The molecule has 9 heteroatoms. The molecule has 0 aliphatic rings. The summed E-state index contributed by atoms with van der Waals surface area (Å²) in [6.45, 7) is 4.94. The lowest BCUT2D eigenvalue weighted by molar-refractivity contribution is -0.154. The zero-order valence-corrected chi connectivity index (χ0v) is 38.2. The molecule has 3 N–H and O–H groups in total. The Morgan fingerprint density at radius 2 is 0.930 bits per heavy atom. The molecule has 0 aliphatic heterocycles. The van der Waals surface area contributed by atoms with Crippen LogP contribution in [-0.2, 0) is 27.9 Å². The summed E-state index contributed by atoms with van der Waals surface area (Å²) < 4.78 is 33.5. The third kappa shape index (κ3) is 45.7. The number of ether oxygens (including phenoxy) is 2. The minimum Gasteiger partial charge on any atom is -0.457 e. The molecule has 0 heterocycles. The Labute approximate surface area is 352 Å². The fourth-order valence-electron chi connectivity index (χ4n) is 6.77. The van der Waals surface area contributed by atoms with Crippen molar-refractivity contribution >= 4 is 13.8 Å². The largest absolute Gasteiger partial charge is 0.472 e. The third-order valence-electron chi connectivity index (χ3n) is 10.3. The lowest BCUT2D eigenvalue weighted by Gasteiger charge is -2.20. The maximum Gasteiger partial charge on any atom is 0.472 e. The van der Waals surface area contributed by atoms with Crippen molar-refractivity contribution in [2.45, 2.75) is 232 Å². The number of phosphoric acid groups is 1. The highest BCUT2D eigenvalue weighted by Gasteiger charge is 2.25. The summed E-state index contributed by atoms with van der Waals surface area (Å²) in [5.41, 5.74) is 5.38. The van der Waals surface area contributed by atoms with Crippen LogP contribution in [0.25, 0.3) is 0 Å². The van der Waals surface area contributed by atoms with Gasteiger partial charge in [0.15, 0.2) is 0 Å². The van der Waals surface area contributed by atoms with Crippen molar-refractivity contribution in [3.8, 4) is 0 Å². The van der Waals surface area contributed by atoms with E-state index in [1.807, 2.05) is 0 Å². The molecule has 2 atom stereocenters. The zero-order valence-electron chi connectivity index (χ0n) is 37.3. The summed E-state index contributed by atoms with van der Waals surface area (Å²) in [4.78, 5) is 22.5. The zero-order chi connectivity index (χ0) is 41.6. The van der Waals surface area contributed by atoms with Crippen LogP contribution in [0.5, 0.6) is 0 Å². The van der Waals surface area contributed by atoms with Crippen LogP contribution in [0.3, 0.4) is 0 Å². The Morgan fingerprint density at radius 3 is 1.39 bits per heavy atom. The summed E-state index contributed by atoms with van der Waals surface area (Å²) in [5, 5.41) is 0. The number of hydrogen-bond donors (Lipinski definition) is 2. The molecule has 8 nitrogen and oxygen atoms in total. The molecule has 0 saturated heterocycles. The predicted molar refractivity (Wildman–Crippen MR) is 243 cm³/mol. The van der Waals surface area contributed by atoms with Crippen molar-refractivity contribution in [2.75, 3.05) is 33.0 Å². The number of carbonyl (C=O) groups is 1. The molecule has 0 rings (SSSR count). The first-order valence-corrected chi connectivity index (χ1v) is 25.5. The third-order valence-corrected chi connectivity index (χ3v) is 11.3. The summed E-state index contributed by atoms with van der Waals surface area (Å²) in [6, 6.07) is 0.